The van der Waals surface area contributed by atoms with Crippen LogP contribution in [0.15, 0.2) is 77.3 Å². The van der Waals surface area contributed by atoms with E-state index in [0.717, 1.165) is 0 Å². The number of anilines is 3. The summed E-state index contributed by atoms with van der Waals surface area (Å²) in [5.74, 6) is -0.408. The van der Waals surface area contributed by atoms with E-state index in [9.17, 15) is 14.0 Å². The minimum absolute atomic E-state index is 0.232. The normalized spacial score (nSPS) is 10.1. The summed E-state index contributed by atoms with van der Waals surface area (Å²) in [7, 11) is 0. The molecular formula is C21H17BrFN3O3. The highest BCUT2D eigenvalue weighted by atomic mass is 79.9. The third-order valence-corrected chi connectivity index (χ3v) is 4.33. The fourth-order valence-electron chi connectivity index (χ4n) is 2.38. The van der Waals surface area contributed by atoms with Crippen LogP contribution in [-0.2, 0) is 4.79 Å². The maximum atomic E-state index is 13.1. The standard InChI is InChI=1S/C21H17BrFN3O3/c22-18-12-14(23)6-11-19(18)29-13-20(27)24-16-7-9-17(10-8-16)26-21(28)25-15-4-2-1-3-5-15/h1-12H,13H2,(H,24,27)(H2,25,26,28). The number of hydrogen-bond acceptors (Lipinski definition) is 3. The highest BCUT2D eigenvalue weighted by molar-refractivity contribution is 9.10. The van der Waals surface area contributed by atoms with Gasteiger partial charge >= 0.3 is 6.03 Å². The highest BCUT2D eigenvalue weighted by Crippen LogP contribution is 2.25. The zero-order chi connectivity index (χ0) is 20.6. The molecule has 0 aliphatic carbocycles. The van der Waals surface area contributed by atoms with Crippen LogP contribution in [0.3, 0.4) is 0 Å². The van der Waals surface area contributed by atoms with E-state index in [1.807, 2.05) is 18.2 Å². The number of urea groups is 1. The van der Waals surface area contributed by atoms with Crippen LogP contribution in [0.2, 0.25) is 0 Å². The molecule has 6 nitrogen and oxygen atoms in total. The average Bonchev–Trinajstić information content (AvgIpc) is 2.69. The lowest BCUT2D eigenvalue weighted by atomic mass is 10.2. The maximum Gasteiger partial charge on any atom is 0.323 e. The smallest absolute Gasteiger partial charge is 0.323 e. The quantitative estimate of drug-likeness (QED) is 0.472. The van der Waals surface area contributed by atoms with E-state index >= 15 is 0 Å². The molecule has 3 amide bonds. The van der Waals surface area contributed by atoms with E-state index in [0.29, 0.717) is 27.3 Å². The van der Waals surface area contributed by atoms with Crippen LogP contribution in [0, 0.1) is 5.82 Å². The molecular weight excluding hydrogens is 441 g/mol. The number of ether oxygens (including phenoxy) is 1. The van der Waals surface area contributed by atoms with Gasteiger partial charge in [-0.15, -0.1) is 0 Å². The predicted molar refractivity (Wildman–Crippen MR) is 114 cm³/mol. The summed E-state index contributed by atoms with van der Waals surface area (Å²) in [6.07, 6.45) is 0. The summed E-state index contributed by atoms with van der Waals surface area (Å²) in [6, 6.07) is 19.3. The van der Waals surface area contributed by atoms with Crippen LogP contribution in [0.1, 0.15) is 0 Å². The molecule has 0 fully saturated rings. The first-order chi connectivity index (χ1) is 14.0. The Bertz CT molecular complexity index is 998. The minimum atomic E-state index is -0.403. The fraction of sp³-hybridized carbons (Fsp3) is 0.0476. The van der Waals surface area contributed by atoms with Crippen molar-refractivity contribution in [2.24, 2.45) is 0 Å². The zero-order valence-electron chi connectivity index (χ0n) is 15.1. The van der Waals surface area contributed by atoms with E-state index < -0.39 is 5.82 Å². The predicted octanol–water partition coefficient (Wildman–Crippen LogP) is 5.25. The molecule has 0 saturated heterocycles. The second-order valence-electron chi connectivity index (χ2n) is 5.93. The van der Waals surface area contributed by atoms with Gasteiger partial charge in [-0.2, -0.15) is 0 Å². The third-order valence-electron chi connectivity index (χ3n) is 3.71. The lowest BCUT2D eigenvalue weighted by Crippen LogP contribution is -2.21. The van der Waals surface area contributed by atoms with Crippen LogP contribution < -0.4 is 20.7 Å². The molecule has 29 heavy (non-hydrogen) atoms. The molecule has 0 bridgehead atoms. The van der Waals surface area contributed by atoms with Gasteiger partial charge in [-0.25, -0.2) is 9.18 Å². The number of hydrogen-bond donors (Lipinski definition) is 3. The van der Waals surface area contributed by atoms with E-state index in [1.165, 1.54) is 18.2 Å². The fourth-order valence-corrected chi connectivity index (χ4v) is 2.85. The Balaban J connectivity index is 1.48. The van der Waals surface area contributed by atoms with E-state index in [-0.39, 0.29) is 18.5 Å². The number of halogens is 2. The van der Waals surface area contributed by atoms with Crippen LogP contribution >= 0.6 is 15.9 Å². The van der Waals surface area contributed by atoms with Crippen molar-refractivity contribution < 1.29 is 18.7 Å². The van der Waals surface area contributed by atoms with Crippen molar-refractivity contribution in [2.45, 2.75) is 0 Å². The Morgan fingerprint density at radius 2 is 1.41 bits per heavy atom. The van der Waals surface area contributed by atoms with Gasteiger partial charge < -0.3 is 20.7 Å². The lowest BCUT2D eigenvalue weighted by Gasteiger charge is -2.10. The Hall–Kier alpha value is -3.39. The van der Waals surface area contributed by atoms with Crippen molar-refractivity contribution in [2.75, 3.05) is 22.6 Å². The molecule has 0 spiro atoms. The number of amides is 3. The van der Waals surface area contributed by atoms with Gasteiger partial charge in [0, 0.05) is 17.1 Å². The average molecular weight is 458 g/mol. The number of para-hydroxylation sites is 1. The van der Waals surface area contributed by atoms with Crippen molar-refractivity contribution in [3.8, 4) is 5.75 Å². The van der Waals surface area contributed by atoms with Crippen molar-refractivity contribution in [1.29, 1.82) is 0 Å². The number of benzene rings is 3. The molecule has 3 rings (SSSR count). The topological polar surface area (TPSA) is 79.5 Å². The number of carbonyl (C=O) groups excluding carboxylic acids is 2. The van der Waals surface area contributed by atoms with E-state index in [1.54, 1.807) is 36.4 Å². The van der Waals surface area contributed by atoms with Crippen LogP contribution in [0.5, 0.6) is 5.75 Å². The van der Waals surface area contributed by atoms with Gasteiger partial charge in [0.1, 0.15) is 11.6 Å². The van der Waals surface area contributed by atoms with Crippen molar-refractivity contribution in [3.05, 3.63) is 83.1 Å². The summed E-state index contributed by atoms with van der Waals surface area (Å²) >= 11 is 3.18. The van der Waals surface area contributed by atoms with Gasteiger partial charge in [0.25, 0.3) is 5.91 Å². The van der Waals surface area contributed by atoms with Crippen LogP contribution in [-0.4, -0.2) is 18.5 Å². The van der Waals surface area contributed by atoms with Crippen molar-refractivity contribution >= 4 is 44.9 Å². The molecule has 8 heteroatoms. The summed E-state index contributed by atoms with van der Waals surface area (Å²) in [4.78, 5) is 24.0. The maximum absolute atomic E-state index is 13.1. The first kappa shape index (κ1) is 20.3. The second kappa shape index (κ2) is 9.70. The van der Waals surface area contributed by atoms with E-state index in [2.05, 4.69) is 31.9 Å². The van der Waals surface area contributed by atoms with E-state index in [4.69, 9.17) is 4.74 Å². The van der Waals surface area contributed by atoms with Gasteiger partial charge in [-0.1, -0.05) is 18.2 Å². The number of nitrogens with one attached hydrogen (secondary N) is 3. The molecule has 0 heterocycles. The van der Waals surface area contributed by atoms with Crippen molar-refractivity contribution in [1.82, 2.24) is 0 Å². The van der Waals surface area contributed by atoms with Gasteiger partial charge in [0.2, 0.25) is 0 Å². The first-order valence-corrected chi connectivity index (χ1v) is 9.40. The summed E-state index contributed by atoms with van der Waals surface area (Å²) in [5.41, 5.74) is 1.80. The first-order valence-electron chi connectivity index (χ1n) is 8.60. The van der Waals surface area contributed by atoms with Crippen molar-refractivity contribution in [3.63, 3.8) is 0 Å². The molecule has 0 unspecified atom stereocenters. The Kier molecular flexibility index (Phi) is 6.80. The molecule has 3 aromatic carbocycles. The highest BCUT2D eigenvalue weighted by Gasteiger charge is 2.08. The minimum Gasteiger partial charge on any atom is -0.483 e. The molecule has 0 atom stereocenters. The zero-order valence-corrected chi connectivity index (χ0v) is 16.7. The summed E-state index contributed by atoms with van der Waals surface area (Å²) in [6.45, 7) is -0.232. The molecule has 3 N–H and O–H groups in total. The van der Waals surface area contributed by atoms with Gasteiger partial charge in [-0.05, 0) is 70.5 Å². The monoisotopic (exact) mass is 457 g/mol. The summed E-state index contributed by atoms with van der Waals surface area (Å²) < 4.78 is 18.9. The molecule has 0 aliphatic heterocycles. The SMILES string of the molecule is O=C(COc1ccc(F)cc1Br)Nc1ccc(NC(=O)Nc2ccccc2)cc1. The lowest BCUT2D eigenvalue weighted by molar-refractivity contribution is -0.118. The summed E-state index contributed by atoms with van der Waals surface area (Å²) in [5, 5.41) is 8.10. The molecule has 0 radical (unpaired) electrons. The Morgan fingerprint density at radius 3 is 2.03 bits per heavy atom. The van der Waals surface area contributed by atoms with Gasteiger partial charge in [-0.3, -0.25) is 4.79 Å². The molecule has 0 aliphatic rings. The molecule has 3 aromatic rings. The molecule has 148 valence electrons. The molecule has 0 saturated carbocycles. The van der Waals surface area contributed by atoms with Gasteiger partial charge in [0.05, 0.1) is 4.47 Å². The largest absolute Gasteiger partial charge is 0.483 e. The van der Waals surface area contributed by atoms with Crippen LogP contribution in [0.25, 0.3) is 0 Å². The number of rotatable bonds is 6. The molecule has 0 aromatic heterocycles. The van der Waals surface area contributed by atoms with Gasteiger partial charge in [0.15, 0.2) is 6.61 Å². The Labute approximate surface area is 175 Å². The second-order valence-corrected chi connectivity index (χ2v) is 6.79. The Morgan fingerprint density at radius 1 is 0.828 bits per heavy atom. The third kappa shape index (κ3) is 6.32. The number of carbonyl (C=O) groups is 2. The van der Waals surface area contributed by atoms with Crippen LogP contribution in [0.4, 0.5) is 26.2 Å².